The van der Waals surface area contributed by atoms with Gasteiger partial charge in [0.25, 0.3) is 0 Å². The highest BCUT2D eigenvalue weighted by Gasteiger charge is 2.30. The second-order valence-corrected chi connectivity index (χ2v) is 6.66. The number of nitrogens with zero attached hydrogens (tertiary/aromatic N) is 1. The van der Waals surface area contributed by atoms with Gasteiger partial charge >= 0.3 is 12.0 Å². The first kappa shape index (κ1) is 16.8. The van der Waals surface area contributed by atoms with Gasteiger partial charge in [0.05, 0.1) is 18.6 Å². The number of likely N-dealkylation sites (tertiary alicyclic amines) is 1. The van der Waals surface area contributed by atoms with E-state index in [4.69, 9.17) is 0 Å². The molecule has 2 atom stereocenters. The van der Waals surface area contributed by atoms with Crippen molar-refractivity contribution in [2.45, 2.75) is 46.1 Å². The van der Waals surface area contributed by atoms with E-state index in [0.717, 1.165) is 12.8 Å². The van der Waals surface area contributed by atoms with E-state index in [-0.39, 0.29) is 30.6 Å². The summed E-state index contributed by atoms with van der Waals surface area (Å²) < 4.78 is 0. The largest absolute Gasteiger partial charge is 0.481 e. The molecule has 0 spiro atoms. The number of aliphatic carboxylic acids is 1. The quantitative estimate of drug-likeness (QED) is 0.710. The van der Waals surface area contributed by atoms with Crippen LogP contribution in [0.2, 0.25) is 0 Å². The smallest absolute Gasteiger partial charge is 0.317 e. The molecule has 6 nitrogen and oxygen atoms in total. The minimum Gasteiger partial charge on any atom is -0.481 e. The molecule has 3 N–H and O–H groups in total. The number of hydrogen-bond donors (Lipinski definition) is 3. The molecule has 0 aromatic rings. The fraction of sp³-hybridized carbons (Fsp3) is 0.857. The van der Waals surface area contributed by atoms with Crippen molar-refractivity contribution in [2.75, 3.05) is 19.7 Å². The molecule has 0 aliphatic carbocycles. The molecule has 0 bridgehead atoms. The van der Waals surface area contributed by atoms with Crippen LogP contribution in [0.15, 0.2) is 0 Å². The maximum atomic E-state index is 12.0. The Kier molecular flexibility index (Phi) is 5.80. The van der Waals surface area contributed by atoms with E-state index in [1.165, 1.54) is 0 Å². The number of carbonyl (C=O) groups is 2. The lowest BCUT2D eigenvalue weighted by Crippen LogP contribution is -2.46. The van der Waals surface area contributed by atoms with Gasteiger partial charge in [0.1, 0.15) is 0 Å². The van der Waals surface area contributed by atoms with Gasteiger partial charge in [-0.2, -0.15) is 0 Å². The Morgan fingerprint density at radius 1 is 1.40 bits per heavy atom. The molecule has 1 rings (SSSR count). The van der Waals surface area contributed by atoms with Crippen LogP contribution in [-0.4, -0.2) is 52.9 Å². The van der Waals surface area contributed by atoms with Crippen molar-refractivity contribution in [3.05, 3.63) is 0 Å². The number of urea groups is 1. The predicted molar refractivity (Wildman–Crippen MR) is 75.4 cm³/mol. The van der Waals surface area contributed by atoms with Crippen molar-refractivity contribution in [2.24, 2.45) is 11.3 Å². The number of carboxylic acid groups (broad SMARTS) is 1. The molecule has 0 aromatic carbocycles. The van der Waals surface area contributed by atoms with E-state index in [0.29, 0.717) is 13.0 Å². The Morgan fingerprint density at radius 3 is 2.55 bits per heavy atom. The highest BCUT2D eigenvalue weighted by Crippen LogP contribution is 2.24. The van der Waals surface area contributed by atoms with Crippen LogP contribution < -0.4 is 5.32 Å². The summed E-state index contributed by atoms with van der Waals surface area (Å²) in [6.07, 6.45) is 2.18. The first-order chi connectivity index (χ1) is 9.24. The number of aliphatic hydroxyl groups is 1. The molecule has 116 valence electrons. The number of nitrogens with one attached hydrogen (secondary N) is 1. The Labute approximate surface area is 120 Å². The fourth-order valence-electron chi connectivity index (χ4n) is 2.59. The Bertz CT molecular complexity index is 352. The van der Waals surface area contributed by atoms with Crippen molar-refractivity contribution in [3.63, 3.8) is 0 Å². The molecule has 6 heteroatoms. The van der Waals surface area contributed by atoms with E-state index >= 15 is 0 Å². The molecule has 1 saturated heterocycles. The van der Waals surface area contributed by atoms with Gasteiger partial charge in [0.2, 0.25) is 0 Å². The second kappa shape index (κ2) is 6.92. The molecular formula is C14H26N2O4. The van der Waals surface area contributed by atoms with Gasteiger partial charge in [-0.1, -0.05) is 20.8 Å². The number of rotatable bonds is 5. The molecule has 1 aliphatic heterocycles. The molecule has 20 heavy (non-hydrogen) atoms. The van der Waals surface area contributed by atoms with Gasteiger partial charge in [-0.05, 0) is 24.7 Å². The highest BCUT2D eigenvalue weighted by atomic mass is 16.4. The summed E-state index contributed by atoms with van der Waals surface area (Å²) in [6, 6.07) is -0.414. The van der Waals surface area contributed by atoms with Crippen LogP contribution in [0.3, 0.4) is 0 Å². The standard InChI is InChI=1S/C14H26N2O4/c1-14(2,3)7-10(12(18)19)8-15-13(20)16-6-4-5-11(16)9-17/h10-11,17H,4-9H2,1-3H3,(H,15,20)(H,18,19). The lowest BCUT2D eigenvalue weighted by Gasteiger charge is -2.26. The number of carboxylic acids is 1. The van der Waals surface area contributed by atoms with Gasteiger partial charge in [0, 0.05) is 13.1 Å². The molecule has 1 aliphatic rings. The molecule has 0 aromatic heterocycles. The van der Waals surface area contributed by atoms with Crippen LogP contribution in [0.5, 0.6) is 0 Å². The molecule has 2 unspecified atom stereocenters. The van der Waals surface area contributed by atoms with Crippen molar-refractivity contribution in [1.82, 2.24) is 10.2 Å². The van der Waals surface area contributed by atoms with Crippen molar-refractivity contribution < 1.29 is 19.8 Å². The zero-order valence-corrected chi connectivity index (χ0v) is 12.6. The highest BCUT2D eigenvalue weighted by molar-refractivity contribution is 5.76. The lowest BCUT2D eigenvalue weighted by molar-refractivity contribution is -0.142. The summed E-state index contributed by atoms with van der Waals surface area (Å²) >= 11 is 0. The summed E-state index contributed by atoms with van der Waals surface area (Å²) in [5.74, 6) is -1.48. The van der Waals surface area contributed by atoms with Gasteiger partial charge in [-0.15, -0.1) is 0 Å². The number of aliphatic hydroxyl groups excluding tert-OH is 1. The summed E-state index contributed by atoms with van der Waals surface area (Å²) in [5.41, 5.74) is -0.102. The average molecular weight is 286 g/mol. The van der Waals surface area contributed by atoms with E-state index in [2.05, 4.69) is 5.32 Å². The lowest BCUT2D eigenvalue weighted by atomic mass is 9.84. The van der Waals surface area contributed by atoms with Crippen molar-refractivity contribution in [3.8, 4) is 0 Å². The molecule has 1 fully saturated rings. The molecule has 0 saturated carbocycles. The van der Waals surface area contributed by atoms with Crippen LogP contribution >= 0.6 is 0 Å². The van der Waals surface area contributed by atoms with E-state index in [9.17, 15) is 19.8 Å². The number of amides is 2. The maximum Gasteiger partial charge on any atom is 0.317 e. The van der Waals surface area contributed by atoms with Crippen LogP contribution in [0, 0.1) is 11.3 Å². The van der Waals surface area contributed by atoms with Gasteiger partial charge in [-0.25, -0.2) is 4.79 Å². The number of hydrogen-bond acceptors (Lipinski definition) is 3. The van der Waals surface area contributed by atoms with Gasteiger partial charge in [0.15, 0.2) is 0 Å². The Balaban J connectivity index is 2.50. The predicted octanol–water partition coefficient (Wildman–Crippen LogP) is 1.29. The molecule has 2 amide bonds. The van der Waals surface area contributed by atoms with Crippen molar-refractivity contribution in [1.29, 1.82) is 0 Å². The third-order valence-corrected chi connectivity index (χ3v) is 3.56. The van der Waals surface area contributed by atoms with Crippen LogP contribution in [-0.2, 0) is 4.79 Å². The normalized spacial score (nSPS) is 20.8. The minimum absolute atomic E-state index is 0.0439. The third-order valence-electron chi connectivity index (χ3n) is 3.56. The zero-order valence-electron chi connectivity index (χ0n) is 12.6. The van der Waals surface area contributed by atoms with Crippen LogP contribution in [0.25, 0.3) is 0 Å². The van der Waals surface area contributed by atoms with E-state index < -0.39 is 11.9 Å². The van der Waals surface area contributed by atoms with Gasteiger partial charge < -0.3 is 20.4 Å². The summed E-state index contributed by atoms with van der Waals surface area (Å²) in [6.45, 7) is 6.64. The maximum absolute atomic E-state index is 12.0. The monoisotopic (exact) mass is 286 g/mol. The molecule has 1 heterocycles. The van der Waals surface area contributed by atoms with Crippen LogP contribution in [0.4, 0.5) is 4.79 Å². The van der Waals surface area contributed by atoms with E-state index in [1.807, 2.05) is 20.8 Å². The number of carbonyl (C=O) groups excluding carboxylic acids is 1. The Hall–Kier alpha value is -1.30. The fourth-order valence-corrected chi connectivity index (χ4v) is 2.59. The topological polar surface area (TPSA) is 89.9 Å². The zero-order chi connectivity index (χ0) is 15.3. The summed E-state index contributed by atoms with van der Waals surface area (Å²) in [4.78, 5) is 24.8. The molecular weight excluding hydrogens is 260 g/mol. The minimum atomic E-state index is -0.889. The van der Waals surface area contributed by atoms with Crippen molar-refractivity contribution >= 4 is 12.0 Å². The first-order valence-corrected chi connectivity index (χ1v) is 7.12. The average Bonchev–Trinajstić information content (AvgIpc) is 2.80. The third kappa shape index (κ3) is 5.00. The first-order valence-electron chi connectivity index (χ1n) is 7.12. The van der Waals surface area contributed by atoms with Crippen LogP contribution in [0.1, 0.15) is 40.0 Å². The van der Waals surface area contributed by atoms with E-state index in [1.54, 1.807) is 4.90 Å². The summed E-state index contributed by atoms with van der Waals surface area (Å²) in [7, 11) is 0. The second-order valence-electron chi connectivity index (χ2n) is 6.66. The Morgan fingerprint density at radius 2 is 2.05 bits per heavy atom. The van der Waals surface area contributed by atoms with Gasteiger partial charge in [-0.3, -0.25) is 4.79 Å². The SMILES string of the molecule is CC(C)(C)CC(CNC(=O)N1CCCC1CO)C(=O)O. The summed E-state index contributed by atoms with van der Waals surface area (Å²) in [5, 5.41) is 21.1. The molecule has 0 radical (unpaired) electrons.